The van der Waals surface area contributed by atoms with E-state index in [4.69, 9.17) is 4.74 Å². The number of hydrogen-bond acceptors (Lipinski definition) is 6. The van der Waals surface area contributed by atoms with Crippen LogP contribution in [0.1, 0.15) is 65.7 Å². The summed E-state index contributed by atoms with van der Waals surface area (Å²) < 4.78 is 4.98. The molecule has 0 bridgehead atoms. The molecule has 1 fully saturated rings. The number of rotatable bonds is 6. The first-order valence-electron chi connectivity index (χ1n) is 9.76. The molecule has 1 aliphatic carbocycles. The van der Waals surface area contributed by atoms with Gasteiger partial charge < -0.3 is 15.4 Å². The number of anilines is 2. The second kappa shape index (κ2) is 9.30. The summed E-state index contributed by atoms with van der Waals surface area (Å²) in [5, 5.41) is 6.24. The van der Waals surface area contributed by atoms with Gasteiger partial charge in [-0.15, -0.1) is 0 Å². The first-order chi connectivity index (χ1) is 13.5. The second-order valence-corrected chi connectivity index (χ2v) is 6.92. The van der Waals surface area contributed by atoms with E-state index in [1.807, 2.05) is 0 Å². The minimum atomic E-state index is -0.353. The van der Waals surface area contributed by atoms with Crippen LogP contribution in [0.4, 0.5) is 11.5 Å². The van der Waals surface area contributed by atoms with Crippen molar-refractivity contribution in [1.29, 1.82) is 0 Å². The molecule has 3 rings (SSSR count). The molecular formula is C21H26N4O3. The molecule has 0 unspecified atom stereocenters. The molecule has 1 aromatic carbocycles. The molecule has 7 heteroatoms. The highest BCUT2D eigenvalue weighted by Crippen LogP contribution is 2.19. The molecule has 0 radical (unpaired) electrons. The Morgan fingerprint density at radius 2 is 1.82 bits per heavy atom. The molecule has 0 atom stereocenters. The predicted molar refractivity (Wildman–Crippen MR) is 107 cm³/mol. The number of amides is 1. The Morgan fingerprint density at radius 1 is 1.11 bits per heavy atom. The Hall–Kier alpha value is -2.96. The van der Waals surface area contributed by atoms with Crippen molar-refractivity contribution in [2.45, 2.75) is 52.0 Å². The lowest BCUT2D eigenvalue weighted by molar-refractivity contribution is 0.0526. The molecule has 0 spiro atoms. The maximum atomic E-state index is 12.6. The molecule has 2 N–H and O–H groups in total. The van der Waals surface area contributed by atoms with E-state index in [-0.39, 0.29) is 17.9 Å². The van der Waals surface area contributed by atoms with Gasteiger partial charge in [-0.05, 0) is 51.0 Å². The average Bonchev–Trinajstić information content (AvgIpc) is 2.69. The fourth-order valence-electron chi connectivity index (χ4n) is 3.31. The number of esters is 1. The molecule has 7 nitrogen and oxygen atoms in total. The number of carbonyl (C=O) groups is 2. The Balaban J connectivity index is 1.68. The van der Waals surface area contributed by atoms with Gasteiger partial charge in [-0.3, -0.25) is 4.79 Å². The lowest BCUT2D eigenvalue weighted by atomic mass is 9.95. The molecule has 28 heavy (non-hydrogen) atoms. The molecule has 1 saturated carbocycles. The minimum Gasteiger partial charge on any atom is -0.462 e. The van der Waals surface area contributed by atoms with Crippen LogP contribution in [0, 0.1) is 6.92 Å². The summed E-state index contributed by atoms with van der Waals surface area (Å²) in [5.74, 6) is 0.527. The number of aryl methyl sites for hydroxylation is 1. The summed E-state index contributed by atoms with van der Waals surface area (Å²) in [4.78, 5) is 32.9. The van der Waals surface area contributed by atoms with Gasteiger partial charge >= 0.3 is 5.97 Å². The van der Waals surface area contributed by atoms with E-state index in [0.717, 1.165) is 31.4 Å². The van der Waals surface area contributed by atoms with Gasteiger partial charge in [0.15, 0.2) is 0 Å². The zero-order valence-corrected chi connectivity index (χ0v) is 16.3. The third kappa shape index (κ3) is 5.28. The molecule has 148 valence electrons. The van der Waals surface area contributed by atoms with E-state index in [9.17, 15) is 9.59 Å². The van der Waals surface area contributed by atoms with Gasteiger partial charge in [-0.25, -0.2) is 14.8 Å². The second-order valence-electron chi connectivity index (χ2n) is 6.92. The van der Waals surface area contributed by atoms with Crippen LogP contribution in [0.3, 0.4) is 0 Å². The fraction of sp³-hybridized carbons (Fsp3) is 0.429. The monoisotopic (exact) mass is 382 g/mol. The molecule has 1 amide bonds. The molecule has 0 saturated heterocycles. The van der Waals surface area contributed by atoms with Crippen LogP contribution >= 0.6 is 0 Å². The zero-order chi connectivity index (χ0) is 19.9. The predicted octanol–water partition coefficient (Wildman–Crippen LogP) is 3.77. The van der Waals surface area contributed by atoms with Crippen molar-refractivity contribution in [1.82, 2.24) is 15.3 Å². The Bertz CT molecular complexity index is 830. The van der Waals surface area contributed by atoms with Crippen molar-refractivity contribution in [3.05, 3.63) is 47.4 Å². The van der Waals surface area contributed by atoms with E-state index in [1.165, 1.54) is 6.42 Å². The summed E-state index contributed by atoms with van der Waals surface area (Å²) >= 11 is 0. The van der Waals surface area contributed by atoms with Gasteiger partial charge in [0, 0.05) is 17.8 Å². The first kappa shape index (κ1) is 19.8. The summed E-state index contributed by atoms with van der Waals surface area (Å²) in [6, 6.07) is 8.78. The number of nitrogens with one attached hydrogen (secondary N) is 2. The van der Waals surface area contributed by atoms with Gasteiger partial charge in [-0.2, -0.15) is 0 Å². The van der Waals surface area contributed by atoms with Crippen LogP contribution in [0.25, 0.3) is 0 Å². The van der Waals surface area contributed by atoms with Crippen molar-refractivity contribution in [3.8, 4) is 0 Å². The third-order valence-corrected chi connectivity index (χ3v) is 4.68. The van der Waals surface area contributed by atoms with Gasteiger partial charge in [0.05, 0.1) is 12.2 Å². The Morgan fingerprint density at radius 3 is 2.50 bits per heavy atom. The van der Waals surface area contributed by atoms with Crippen molar-refractivity contribution in [2.24, 2.45) is 0 Å². The number of carbonyl (C=O) groups excluding carboxylic acids is 2. The van der Waals surface area contributed by atoms with Crippen LogP contribution in [0.15, 0.2) is 30.3 Å². The van der Waals surface area contributed by atoms with Crippen LogP contribution in [-0.4, -0.2) is 34.5 Å². The Kier molecular flexibility index (Phi) is 6.57. The van der Waals surface area contributed by atoms with Gasteiger partial charge in [0.2, 0.25) is 0 Å². The van der Waals surface area contributed by atoms with Crippen molar-refractivity contribution in [2.75, 3.05) is 11.9 Å². The first-order valence-corrected chi connectivity index (χ1v) is 9.76. The quantitative estimate of drug-likeness (QED) is 0.739. The number of hydrogen-bond donors (Lipinski definition) is 2. The summed E-state index contributed by atoms with van der Waals surface area (Å²) in [6.45, 7) is 3.87. The summed E-state index contributed by atoms with van der Waals surface area (Å²) in [6.07, 6.45) is 5.59. The Labute approximate surface area is 164 Å². The molecule has 1 aliphatic rings. The van der Waals surface area contributed by atoms with Crippen LogP contribution in [-0.2, 0) is 4.74 Å². The number of aromatic nitrogens is 2. The molecule has 0 aliphatic heterocycles. The molecule has 1 aromatic heterocycles. The topological polar surface area (TPSA) is 93.2 Å². The number of ether oxygens (including phenoxy) is 1. The SMILES string of the molecule is CCOC(=O)c1ccc(Nc2cc(C(=O)NC3CCCCC3)nc(C)n2)cc1. The lowest BCUT2D eigenvalue weighted by Crippen LogP contribution is -2.36. The van der Waals surface area contributed by atoms with Crippen molar-refractivity contribution in [3.63, 3.8) is 0 Å². The summed E-state index contributed by atoms with van der Waals surface area (Å²) in [7, 11) is 0. The van der Waals surface area contributed by atoms with Crippen LogP contribution in [0.2, 0.25) is 0 Å². The minimum absolute atomic E-state index is 0.168. The highest BCUT2D eigenvalue weighted by atomic mass is 16.5. The van der Waals surface area contributed by atoms with E-state index in [2.05, 4.69) is 20.6 Å². The maximum absolute atomic E-state index is 12.6. The van der Waals surface area contributed by atoms with Gasteiger partial charge in [0.1, 0.15) is 17.3 Å². The van der Waals surface area contributed by atoms with Crippen LogP contribution < -0.4 is 10.6 Å². The van der Waals surface area contributed by atoms with Gasteiger partial charge in [0.25, 0.3) is 5.91 Å². The molecular weight excluding hydrogens is 356 g/mol. The highest BCUT2D eigenvalue weighted by Gasteiger charge is 2.18. The maximum Gasteiger partial charge on any atom is 0.338 e. The van der Waals surface area contributed by atoms with Crippen molar-refractivity contribution < 1.29 is 14.3 Å². The van der Waals surface area contributed by atoms with E-state index < -0.39 is 0 Å². The van der Waals surface area contributed by atoms with E-state index in [1.54, 1.807) is 44.2 Å². The zero-order valence-electron chi connectivity index (χ0n) is 16.3. The largest absolute Gasteiger partial charge is 0.462 e. The van der Waals surface area contributed by atoms with E-state index in [0.29, 0.717) is 29.5 Å². The van der Waals surface area contributed by atoms with Crippen LogP contribution in [0.5, 0.6) is 0 Å². The standard InChI is InChI=1S/C21H26N4O3/c1-3-28-21(27)15-9-11-17(12-10-15)24-19-13-18(22-14(2)23-19)20(26)25-16-7-5-4-6-8-16/h9-13,16H,3-8H2,1-2H3,(H,25,26)(H,22,23,24). The normalized spacial score (nSPS) is 14.4. The summed E-state index contributed by atoms with van der Waals surface area (Å²) in [5.41, 5.74) is 1.59. The van der Waals surface area contributed by atoms with Crippen molar-refractivity contribution >= 4 is 23.4 Å². The smallest absolute Gasteiger partial charge is 0.338 e. The molecule has 1 heterocycles. The highest BCUT2D eigenvalue weighted by molar-refractivity contribution is 5.93. The average molecular weight is 382 g/mol. The molecule has 2 aromatic rings. The van der Waals surface area contributed by atoms with E-state index >= 15 is 0 Å². The number of benzene rings is 1. The fourth-order valence-corrected chi connectivity index (χ4v) is 3.31. The lowest BCUT2D eigenvalue weighted by Gasteiger charge is -2.22. The number of nitrogens with zero attached hydrogens (tertiary/aromatic N) is 2. The third-order valence-electron chi connectivity index (χ3n) is 4.68. The van der Waals surface area contributed by atoms with Gasteiger partial charge in [-0.1, -0.05) is 19.3 Å².